The maximum Gasteiger partial charge on any atom is 0.307 e. The molecule has 4 atom stereocenters. The number of hydrogen-bond acceptors (Lipinski definition) is 3. The lowest BCUT2D eigenvalue weighted by Gasteiger charge is -2.32. The molecule has 1 aromatic rings. The molecule has 2 fully saturated rings. The predicted octanol–water partition coefficient (Wildman–Crippen LogP) is 4.36. The summed E-state index contributed by atoms with van der Waals surface area (Å²) in [7, 11) is 0. The monoisotopic (exact) mass is 406 g/mol. The normalized spacial score (nSPS) is 31.1. The molecule has 0 radical (unpaired) electrons. The zero-order valence-corrected chi connectivity index (χ0v) is 16.3. The van der Waals surface area contributed by atoms with Gasteiger partial charge < -0.3 is 5.11 Å². The molecule has 0 spiro atoms. The van der Waals surface area contributed by atoms with Gasteiger partial charge >= 0.3 is 5.97 Å². The molecule has 1 aromatic carbocycles. The molecule has 0 aliphatic heterocycles. The average molecular weight is 407 g/mol. The Bertz CT molecular complexity index is 737. The van der Waals surface area contributed by atoms with Crippen molar-refractivity contribution in [3.63, 3.8) is 0 Å². The summed E-state index contributed by atoms with van der Waals surface area (Å²) >= 11 is 3.32. The van der Waals surface area contributed by atoms with Crippen LogP contribution in [0.1, 0.15) is 50.4 Å². The summed E-state index contributed by atoms with van der Waals surface area (Å²) in [5.74, 6) is -2.72. The molecular formula is C20H23BrO4. The zero-order valence-electron chi connectivity index (χ0n) is 14.7. The smallest absolute Gasteiger partial charge is 0.307 e. The molecule has 2 bridgehead atoms. The van der Waals surface area contributed by atoms with E-state index >= 15 is 0 Å². The van der Waals surface area contributed by atoms with Gasteiger partial charge in [-0.25, -0.2) is 0 Å². The summed E-state index contributed by atoms with van der Waals surface area (Å²) in [6, 6.07) is 6.88. The fourth-order valence-corrected chi connectivity index (χ4v) is 5.20. The number of carboxylic acids is 1. The quantitative estimate of drug-likeness (QED) is 0.737. The number of ketones is 2. The van der Waals surface area contributed by atoms with Crippen LogP contribution in [0.4, 0.5) is 0 Å². The predicted molar refractivity (Wildman–Crippen MR) is 97.3 cm³/mol. The van der Waals surface area contributed by atoms with Gasteiger partial charge in [-0.2, -0.15) is 0 Å². The van der Waals surface area contributed by atoms with E-state index in [0.29, 0.717) is 5.56 Å². The summed E-state index contributed by atoms with van der Waals surface area (Å²) in [4.78, 5) is 37.6. The van der Waals surface area contributed by atoms with E-state index in [-0.39, 0.29) is 29.3 Å². The second-order valence-electron chi connectivity index (χ2n) is 8.17. The van der Waals surface area contributed by atoms with E-state index in [1.54, 1.807) is 24.3 Å². The summed E-state index contributed by atoms with van der Waals surface area (Å²) in [5, 5.41) is 9.76. The lowest BCUT2D eigenvalue weighted by atomic mass is 9.70. The second kappa shape index (κ2) is 6.04. The molecule has 2 aliphatic carbocycles. The highest BCUT2D eigenvalue weighted by molar-refractivity contribution is 9.10. The van der Waals surface area contributed by atoms with Crippen molar-refractivity contribution in [3.05, 3.63) is 34.3 Å². The van der Waals surface area contributed by atoms with E-state index in [9.17, 15) is 19.5 Å². The number of benzene rings is 1. The Balaban J connectivity index is 1.88. The van der Waals surface area contributed by atoms with Crippen molar-refractivity contribution < 1.29 is 19.5 Å². The summed E-state index contributed by atoms with van der Waals surface area (Å²) in [6.07, 6.45) is 1.54. The first kappa shape index (κ1) is 18.3. The van der Waals surface area contributed by atoms with E-state index in [0.717, 1.165) is 17.3 Å². The Labute approximate surface area is 156 Å². The highest BCUT2D eigenvalue weighted by atomic mass is 79.9. The lowest BCUT2D eigenvalue weighted by molar-refractivity contribution is -0.148. The molecular weight excluding hydrogens is 384 g/mol. The van der Waals surface area contributed by atoms with Crippen LogP contribution in [0, 0.1) is 28.6 Å². The summed E-state index contributed by atoms with van der Waals surface area (Å²) < 4.78 is 0.858. The molecule has 25 heavy (non-hydrogen) atoms. The van der Waals surface area contributed by atoms with E-state index in [2.05, 4.69) is 29.8 Å². The van der Waals surface area contributed by atoms with Crippen LogP contribution < -0.4 is 0 Å². The Morgan fingerprint density at radius 2 is 1.84 bits per heavy atom. The zero-order chi connectivity index (χ0) is 18.6. The molecule has 0 amide bonds. The number of aliphatic carboxylic acids is 1. The molecule has 2 saturated carbocycles. The summed E-state index contributed by atoms with van der Waals surface area (Å²) in [5.41, 5.74) is -0.213. The number of halogens is 1. The van der Waals surface area contributed by atoms with Crippen LogP contribution in [0.2, 0.25) is 0 Å². The molecule has 0 heterocycles. The van der Waals surface area contributed by atoms with Gasteiger partial charge in [0.1, 0.15) is 5.78 Å². The number of carbonyl (C=O) groups excluding carboxylic acids is 2. The van der Waals surface area contributed by atoms with E-state index < -0.39 is 23.2 Å². The number of hydrogen-bond donors (Lipinski definition) is 1. The summed E-state index contributed by atoms with van der Waals surface area (Å²) in [6.45, 7) is 6.10. The number of Topliss-reactive ketones (excluding diaryl/α,β-unsaturated/α-hetero) is 2. The van der Waals surface area contributed by atoms with Crippen molar-refractivity contribution >= 4 is 33.5 Å². The second-order valence-corrected chi connectivity index (χ2v) is 9.08. The van der Waals surface area contributed by atoms with Gasteiger partial charge in [-0.15, -0.1) is 0 Å². The molecule has 5 heteroatoms. The fraction of sp³-hybridized carbons (Fsp3) is 0.550. The average Bonchev–Trinajstić information content (AvgIpc) is 2.85. The van der Waals surface area contributed by atoms with Crippen LogP contribution >= 0.6 is 15.9 Å². The molecule has 4 nitrogen and oxygen atoms in total. The maximum absolute atomic E-state index is 13.0. The van der Waals surface area contributed by atoms with Gasteiger partial charge in [0.25, 0.3) is 0 Å². The fourth-order valence-electron chi connectivity index (χ4n) is 4.94. The van der Waals surface area contributed by atoms with Gasteiger partial charge in [0, 0.05) is 27.8 Å². The number of fused-ring (bicyclic) bond motifs is 2. The minimum absolute atomic E-state index is 0.0313. The van der Waals surface area contributed by atoms with Gasteiger partial charge in [-0.3, -0.25) is 14.4 Å². The van der Waals surface area contributed by atoms with Crippen LogP contribution in [0.25, 0.3) is 0 Å². The van der Waals surface area contributed by atoms with E-state index in [1.807, 2.05) is 6.92 Å². The van der Waals surface area contributed by atoms with Gasteiger partial charge in [-0.05, 0) is 36.3 Å². The minimum Gasteiger partial charge on any atom is -0.481 e. The topological polar surface area (TPSA) is 71.4 Å². The SMILES string of the molecule is CC12CCC([C@H]([C@@H](CC(=O)c3ccc(Br)cc3)C(=O)O)C1=O)C2(C)C. The molecule has 1 N–H and O–H groups in total. The molecule has 3 rings (SSSR count). The van der Waals surface area contributed by atoms with Gasteiger partial charge in [0.2, 0.25) is 0 Å². The third-order valence-electron chi connectivity index (χ3n) is 6.91. The number of carbonyl (C=O) groups is 3. The molecule has 0 saturated heterocycles. The standard InChI is InChI=1S/C20H23BrO4/c1-19(2)14-8-9-20(19,3)17(23)16(14)13(18(24)25)10-15(22)11-4-6-12(21)7-5-11/h4-7,13-14,16H,8-10H2,1-3H3,(H,24,25)/t13-,14?,16+,20?/m1/s1. The van der Waals surface area contributed by atoms with Crippen LogP contribution in [-0.2, 0) is 9.59 Å². The highest BCUT2D eigenvalue weighted by Crippen LogP contribution is 2.67. The van der Waals surface area contributed by atoms with Gasteiger partial charge in [0.15, 0.2) is 5.78 Å². The van der Waals surface area contributed by atoms with Gasteiger partial charge in [0.05, 0.1) is 5.92 Å². The van der Waals surface area contributed by atoms with Crippen LogP contribution in [-0.4, -0.2) is 22.6 Å². The Morgan fingerprint density at radius 1 is 1.24 bits per heavy atom. The first-order chi connectivity index (χ1) is 11.6. The van der Waals surface area contributed by atoms with Crippen LogP contribution in [0.15, 0.2) is 28.7 Å². The Morgan fingerprint density at radius 3 is 2.32 bits per heavy atom. The first-order valence-corrected chi connectivity index (χ1v) is 9.45. The van der Waals surface area contributed by atoms with Crippen molar-refractivity contribution in [2.45, 2.75) is 40.0 Å². The van der Waals surface area contributed by atoms with E-state index in [4.69, 9.17) is 0 Å². The third-order valence-corrected chi connectivity index (χ3v) is 7.44. The first-order valence-electron chi connectivity index (χ1n) is 8.65. The van der Waals surface area contributed by atoms with Crippen molar-refractivity contribution in [3.8, 4) is 0 Å². The van der Waals surface area contributed by atoms with E-state index in [1.165, 1.54) is 0 Å². The van der Waals surface area contributed by atoms with Crippen LogP contribution in [0.3, 0.4) is 0 Å². The lowest BCUT2D eigenvalue weighted by Crippen LogP contribution is -2.38. The van der Waals surface area contributed by atoms with Crippen molar-refractivity contribution in [1.82, 2.24) is 0 Å². The molecule has 2 unspecified atom stereocenters. The Hall–Kier alpha value is -1.49. The van der Waals surface area contributed by atoms with Crippen molar-refractivity contribution in [2.75, 3.05) is 0 Å². The van der Waals surface area contributed by atoms with Gasteiger partial charge in [-0.1, -0.05) is 48.8 Å². The highest BCUT2D eigenvalue weighted by Gasteiger charge is 2.68. The molecule has 134 valence electrons. The number of carboxylic acid groups (broad SMARTS) is 1. The minimum atomic E-state index is -1.05. The largest absolute Gasteiger partial charge is 0.481 e. The third kappa shape index (κ3) is 2.67. The van der Waals surface area contributed by atoms with Crippen molar-refractivity contribution in [1.29, 1.82) is 0 Å². The number of rotatable bonds is 5. The van der Waals surface area contributed by atoms with Crippen LogP contribution in [0.5, 0.6) is 0 Å². The molecule has 2 aliphatic rings. The maximum atomic E-state index is 13.0. The van der Waals surface area contributed by atoms with Crippen molar-refractivity contribution in [2.24, 2.45) is 28.6 Å². The molecule has 0 aromatic heterocycles. The Kier molecular flexibility index (Phi) is 4.43.